The SMILES string of the molecule is COc1ccccc1[Si](C)(C)[C@H]1C=CC[C@H]1O. The molecule has 0 saturated carbocycles. The van der Waals surface area contributed by atoms with E-state index in [1.807, 2.05) is 12.1 Å². The lowest BCUT2D eigenvalue weighted by atomic mass is 10.3. The van der Waals surface area contributed by atoms with Crippen LogP contribution in [0.25, 0.3) is 0 Å². The van der Waals surface area contributed by atoms with Crippen LogP contribution < -0.4 is 9.92 Å². The van der Waals surface area contributed by atoms with Gasteiger partial charge >= 0.3 is 0 Å². The summed E-state index contributed by atoms with van der Waals surface area (Å²) < 4.78 is 5.46. The molecule has 0 heterocycles. The fourth-order valence-electron chi connectivity index (χ4n) is 2.72. The summed E-state index contributed by atoms with van der Waals surface area (Å²) in [5.41, 5.74) is 0.291. The highest BCUT2D eigenvalue weighted by atomic mass is 28.3. The van der Waals surface area contributed by atoms with E-state index in [-0.39, 0.29) is 6.10 Å². The molecule has 3 heteroatoms. The van der Waals surface area contributed by atoms with E-state index < -0.39 is 8.07 Å². The Balaban J connectivity index is 2.40. The van der Waals surface area contributed by atoms with E-state index in [1.165, 1.54) is 5.19 Å². The first kappa shape index (κ1) is 12.4. The molecule has 0 unspecified atom stereocenters. The number of rotatable bonds is 3. The van der Waals surface area contributed by atoms with Gasteiger partial charge in [0.15, 0.2) is 0 Å². The molecule has 0 fully saturated rings. The molecule has 0 radical (unpaired) electrons. The van der Waals surface area contributed by atoms with Crippen LogP contribution in [0, 0.1) is 0 Å². The number of aliphatic hydroxyl groups is 1. The molecule has 1 aromatic rings. The Bertz CT molecular complexity index is 426. The minimum atomic E-state index is -1.74. The molecule has 0 aromatic heterocycles. The van der Waals surface area contributed by atoms with Crippen molar-refractivity contribution in [3.05, 3.63) is 36.4 Å². The average Bonchev–Trinajstić information content (AvgIpc) is 2.76. The first-order chi connectivity index (χ1) is 8.07. The third-order valence-corrected chi connectivity index (χ3v) is 7.82. The maximum atomic E-state index is 10.1. The summed E-state index contributed by atoms with van der Waals surface area (Å²) in [6.07, 6.45) is 4.85. The smallest absolute Gasteiger partial charge is 0.118 e. The highest BCUT2D eigenvalue weighted by Gasteiger charge is 2.39. The second-order valence-corrected chi connectivity index (χ2v) is 9.83. The van der Waals surface area contributed by atoms with Gasteiger partial charge in [0, 0.05) is 5.54 Å². The summed E-state index contributed by atoms with van der Waals surface area (Å²) in [4.78, 5) is 0. The van der Waals surface area contributed by atoms with Crippen LogP contribution in [0.4, 0.5) is 0 Å². The first-order valence-corrected chi connectivity index (χ1v) is 9.13. The molecule has 0 saturated heterocycles. The van der Waals surface area contributed by atoms with E-state index in [0.717, 1.165) is 12.2 Å². The molecule has 1 aliphatic rings. The van der Waals surface area contributed by atoms with Gasteiger partial charge in [0.05, 0.1) is 21.3 Å². The van der Waals surface area contributed by atoms with Gasteiger partial charge in [-0.3, -0.25) is 0 Å². The van der Waals surface area contributed by atoms with Crippen LogP contribution in [0.5, 0.6) is 5.75 Å². The van der Waals surface area contributed by atoms with Crippen LogP contribution in [0.1, 0.15) is 6.42 Å². The number of benzene rings is 1. The standard InChI is InChI=1S/C14H20O2Si/c1-16-12-8-4-5-9-14(12)17(2,3)13-10-6-7-11(13)15/h4-6,8-11,13,15H,7H2,1-3H3/t11-,13+/m1/s1. The van der Waals surface area contributed by atoms with E-state index in [4.69, 9.17) is 4.74 Å². The van der Waals surface area contributed by atoms with Crippen molar-refractivity contribution in [2.75, 3.05) is 7.11 Å². The zero-order chi connectivity index (χ0) is 12.5. The number of para-hydroxylation sites is 1. The first-order valence-electron chi connectivity index (χ1n) is 6.05. The maximum Gasteiger partial charge on any atom is 0.118 e. The van der Waals surface area contributed by atoms with Gasteiger partial charge < -0.3 is 9.84 Å². The Labute approximate surface area is 104 Å². The van der Waals surface area contributed by atoms with Gasteiger partial charge in [0.2, 0.25) is 0 Å². The molecule has 1 aliphatic carbocycles. The van der Waals surface area contributed by atoms with Crippen molar-refractivity contribution >= 4 is 13.3 Å². The molecule has 17 heavy (non-hydrogen) atoms. The number of hydrogen-bond donors (Lipinski definition) is 1. The average molecular weight is 248 g/mol. The van der Waals surface area contributed by atoms with E-state index in [2.05, 4.69) is 37.4 Å². The normalized spacial score (nSPS) is 24.0. The monoisotopic (exact) mass is 248 g/mol. The summed E-state index contributed by atoms with van der Waals surface area (Å²) in [5, 5.41) is 11.4. The van der Waals surface area contributed by atoms with Gasteiger partial charge in [-0.15, -0.1) is 0 Å². The van der Waals surface area contributed by atoms with Crippen LogP contribution in [-0.4, -0.2) is 26.4 Å². The lowest BCUT2D eigenvalue weighted by molar-refractivity contribution is 0.187. The lowest BCUT2D eigenvalue weighted by Gasteiger charge is -2.32. The summed E-state index contributed by atoms with van der Waals surface area (Å²) in [6.45, 7) is 4.60. The Morgan fingerprint density at radius 2 is 2.00 bits per heavy atom. The zero-order valence-electron chi connectivity index (χ0n) is 10.7. The summed E-state index contributed by atoms with van der Waals surface area (Å²) in [7, 11) is -0.0242. The highest BCUT2D eigenvalue weighted by Crippen LogP contribution is 2.34. The Morgan fingerprint density at radius 3 is 2.59 bits per heavy atom. The van der Waals surface area contributed by atoms with E-state index >= 15 is 0 Å². The third-order valence-electron chi connectivity index (χ3n) is 3.77. The van der Waals surface area contributed by atoms with E-state index in [1.54, 1.807) is 7.11 Å². The molecule has 2 nitrogen and oxygen atoms in total. The minimum absolute atomic E-state index is 0.221. The van der Waals surface area contributed by atoms with Crippen molar-refractivity contribution < 1.29 is 9.84 Å². The number of aliphatic hydroxyl groups excluding tert-OH is 1. The Morgan fingerprint density at radius 1 is 1.29 bits per heavy atom. The van der Waals surface area contributed by atoms with E-state index in [0.29, 0.717) is 5.54 Å². The second kappa shape index (κ2) is 4.67. The summed E-state index contributed by atoms with van der Waals surface area (Å²) >= 11 is 0. The molecule has 0 amide bonds. The van der Waals surface area contributed by atoms with Crippen LogP contribution in [0.2, 0.25) is 18.6 Å². The molecule has 0 aliphatic heterocycles. The fourth-order valence-corrected chi connectivity index (χ4v) is 6.14. The predicted molar refractivity (Wildman–Crippen MR) is 73.6 cm³/mol. The van der Waals surface area contributed by atoms with Gasteiger partial charge in [0.1, 0.15) is 5.75 Å². The topological polar surface area (TPSA) is 29.5 Å². The molecule has 1 aromatic carbocycles. The highest BCUT2D eigenvalue weighted by molar-refractivity contribution is 6.92. The van der Waals surface area contributed by atoms with Crippen LogP contribution in [-0.2, 0) is 0 Å². The second-order valence-electron chi connectivity index (χ2n) is 5.18. The predicted octanol–water partition coefficient (Wildman–Crippen LogP) is 2.30. The van der Waals surface area contributed by atoms with Crippen molar-refractivity contribution in [2.45, 2.75) is 31.2 Å². The molecule has 2 atom stereocenters. The molecule has 1 N–H and O–H groups in total. The molecule has 2 rings (SSSR count). The van der Waals surface area contributed by atoms with Gasteiger partial charge in [-0.25, -0.2) is 0 Å². The number of ether oxygens (including phenoxy) is 1. The van der Waals surface area contributed by atoms with Gasteiger partial charge in [-0.05, 0) is 17.7 Å². The van der Waals surface area contributed by atoms with E-state index in [9.17, 15) is 5.11 Å². The minimum Gasteiger partial charge on any atom is -0.497 e. The molecule has 0 bridgehead atoms. The van der Waals surface area contributed by atoms with Crippen molar-refractivity contribution in [3.63, 3.8) is 0 Å². The third kappa shape index (κ3) is 2.17. The number of hydrogen-bond acceptors (Lipinski definition) is 2. The summed E-state index contributed by atoms with van der Waals surface area (Å²) in [5.74, 6) is 0.955. The van der Waals surface area contributed by atoms with Crippen molar-refractivity contribution in [2.24, 2.45) is 0 Å². The quantitative estimate of drug-likeness (QED) is 0.657. The molecular weight excluding hydrogens is 228 g/mol. The largest absolute Gasteiger partial charge is 0.497 e. The van der Waals surface area contributed by atoms with Gasteiger partial charge in [-0.2, -0.15) is 0 Å². The van der Waals surface area contributed by atoms with Crippen LogP contribution in [0.3, 0.4) is 0 Å². The maximum absolute atomic E-state index is 10.1. The summed E-state index contributed by atoms with van der Waals surface area (Å²) in [6, 6.07) is 8.20. The zero-order valence-corrected chi connectivity index (χ0v) is 11.7. The van der Waals surface area contributed by atoms with Crippen LogP contribution in [0.15, 0.2) is 36.4 Å². The Kier molecular flexibility index (Phi) is 3.40. The van der Waals surface area contributed by atoms with Crippen LogP contribution >= 0.6 is 0 Å². The van der Waals surface area contributed by atoms with Gasteiger partial charge in [0.25, 0.3) is 0 Å². The Hall–Kier alpha value is -1.06. The van der Waals surface area contributed by atoms with Crippen molar-refractivity contribution in [1.82, 2.24) is 0 Å². The van der Waals surface area contributed by atoms with Crippen molar-refractivity contribution in [1.29, 1.82) is 0 Å². The molecule has 0 spiro atoms. The fraction of sp³-hybridized carbons (Fsp3) is 0.429. The van der Waals surface area contributed by atoms with Crippen molar-refractivity contribution in [3.8, 4) is 5.75 Å². The van der Waals surface area contributed by atoms with Gasteiger partial charge in [-0.1, -0.05) is 43.4 Å². The number of methoxy groups -OCH3 is 1. The lowest BCUT2D eigenvalue weighted by Crippen LogP contribution is -2.48. The molecular formula is C14H20O2Si. The molecule has 92 valence electrons.